The zero-order valence-corrected chi connectivity index (χ0v) is 12.7. The Labute approximate surface area is 122 Å². The Morgan fingerprint density at radius 1 is 1.25 bits per heavy atom. The molecule has 0 bridgehead atoms. The summed E-state index contributed by atoms with van der Waals surface area (Å²) in [5.74, 6) is -0.325. The molecule has 0 fully saturated rings. The van der Waals surface area contributed by atoms with Crippen molar-refractivity contribution in [3.8, 4) is 0 Å². The number of hydrogen-bond donors (Lipinski definition) is 1. The minimum absolute atomic E-state index is 0.325. The molecule has 0 aliphatic heterocycles. The maximum atomic E-state index is 11.3. The van der Waals surface area contributed by atoms with Crippen molar-refractivity contribution in [2.24, 2.45) is 5.73 Å². The minimum atomic E-state index is -0.325. The third-order valence-corrected chi connectivity index (χ3v) is 4.23. The number of primary amides is 1. The SMILES string of the molecule is CCCN(CCC)[C@H]1CCc2ccc(C(N)=O)cc2C1. The van der Waals surface area contributed by atoms with Gasteiger partial charge in [-0.05, 0) is 68.5 Å². The fraction of sp³-hybridized carbons (Fsp3) is 0.588. The predicted molar refractivity (Wildman–Crippen MR) is 82.9 cm³/mol. The number of rotatable bonds is 6. The van der Waals surface area contributed by atoms with Gasteiger partial charge >= 0.3 is 0 Å². The van der Waals surface area contributed by atoms with E-state index in [4.69, 9.17) is 5.73 Å². The smallest absolute Gasteiger partial charge is 0.248 e. The van der Waals surface area contributed by atoms with Crippen LogP contribution in [0.1, 0.15) is 54.6 Å². The van der Waals surface area contributed by atoms with E-state index < -0.39 is 0 Å². The first-order valence-electron chi connectivity index (χ1n) is 7.81. The Morgan fingerprint density at radius 2 is 1.95 bits per heavy atom. The average molecular weight is 274 g/mol. The number of carbonyl (C=O) groups is 1. The molecule has 1 aromatic rings. The number of nitrogens with zero attached hydrogens (tertiary/aromatic N) is 1. The lowest BCUT2D eigenvalue weighted by Gasteiger charge is -2.35. The number of aryl methyl sites for hydroxylation is 1. The van der Waals surface area contributed by atoms with Crippen molar-refractivity contribution in [3.63, 3.8) is 0 Å². The Morgan fingerprint density at radius 3 is 2.55 bits per heavy atom. The molecule has 0 aromatic heterocycles. The van der Waals surface area contributed by atoms with Crippen molar-refractivity contribution in [1.82, 2.24) is 4.90 Å². The van der Waals surface area contributed by atoms with E-state index in [1.807, 2.05) is 12.1 Å². The topological polar surface area (TPSA) is 46.3 Å². The van der Waals surface area contributed by atoms with E-state index >= 15 is 0 Å². The Hall–Kier alpha value is -1.35. The number of carbonyl (C=O) groups excluding carboxylic acids is 1. The largest absolute Gasteiger partial charge is 0.366 e. The summed E-state index contributed by atoms with van der Waals surface area (Å²) in [7, 11) is 0. The van der Waals surface area contributed by atoms with Crippen LogP contribution in [-0.2, 0) is 12.8 Å². The molecule has 0 spiro atoms. The van der Waals surface area contributed by atoms with Crippen LogP contribution < -0.4 is 5.73 Å². The highest BCUT2D eigenvalue weighted by Gasteiger charge is 2.23. The van der Waals surface area contributed by atoms with Gasteiger partial charge in [-0.1, -0.05) is 19.9 Å². The summed E-state index contributed by atoms with van der Waals surface area (Å²) < 4.78 is 0. The first-order chi connectivity index (χ1) is 9.65. The van der Waals surface area contributed by atoms with Gasteiger partial charge in [0.15, 0.2) is 0 Å². The Kier molecular flexibility index (Phi) is 5.18. The number of hydrogen-bond acceptors (Lipinski definition) is 2. The Balaban J connectivity index is 2.15. The zero-order chi connectivity index (χ0) is 14.5. The van der Waals surface area contributed by atoms with E-state index in [-0.39, 0.29) is 5.91 Å². The van der Waals surface area contributed by atoms with Crippen molar-refractivity contribution in [1.29, 1.82) is 0 Å². The van der Waals surface area contributed by atoms with Gasteiger partial charge in [-0.15, -0.1) is 0 Å². The fourth-order valence-corrected chi connectivity index (χ4v) is 3.25. The van der Waals surface area contributed by atoms with Crippen LogP contribution in [-0.4, -0.2) is 29.9 Å². The minimum Gasteiger partial charge on any atom is -0.366 e. The maximum Gasteiger partial charge on any atom is 0.248 e. The second-order valence-electron chi connectivity index (χ2n) is 5.78. The second-order valence-corrected chi connectivity index (χ2v) is 5.78. The van der Waals surface area contributed by atoms with E-state index in [9.17, 15) is 4.79 Å². The van der Waals surface area contributed by atoms with E-state index in [1.165, 1.54) is 43.5 Å². The standard InChI is InChI=1S/C17H26N2O/c1-3-9-19(10-4-2)16-8-7-13-5-6-14(17(18)20)11-15(13)12-16/h5-6,11,16H,3-4,7-10,12H2,1-2H3,(H2,18,20)/t16-/m0/s1. The van der Waals surface area contributed by atoms with Gasteiger partial charge in [0.2, 0.25) is 5.91 Å². The van der Waals surface area contributed by atoms with Gasteiger partial charge in [0.25, 0.3) is 0 Å². The summed E-state index contributed by atoms with van der Waals surface area (Å²) in [6, 6.07) is 6.55. The zero-order valence-electron chi connectivity index (χ0n) is 12.7. The van der Waals surface area contributed by atoms with E-state index in [0.29, 0.717) is 11.6 Å². The molecule has 3 heteroatoms. The summed E-state index contributed by atoms with van der Waals surface area (Å²) in [5.41, 5.74) is 8.73. The van der Waals surface area contributed by atoms with Crippen LogP contribution in [0.4, 0.5) is 0 Å². The van der Waals surface area contributed by atoms with E-state index in [2.05, 4.69) is 24.8 Å². The van der Waals surface area contributed by atoms with Gasteiger partial charge in [0.1, 0.15) is 0 Å². The first kappa shape index (κ1) is 15.0. The predicted octanol–water partition coefficient (Wildman–Crippen LogP) is 2.76. The lowest BCUT2D eigenvalue weighted by molar-refractivity contribution is 0.1000. The van der Waals surface area contributed by atoms with Gasteiger partial charge in [0, 0.05) is 11.6 Å². The van der Waals surface area contributed by atoms with Crippen LogP contribution in [0.15, 0.2) is 18.2 Å². The summed E-state index contributed by atoms with van der Waals surface area (Å²) >= 11 is 0. The van der Waals surface area contributed by atoms with Crippen molar-refractivity contribution in [2.45, 2.75) is 52.0 Å². The summed E-state index contributed by atoms with van der Waals surface area (Å²) in [4.78, 5) is 13.9. The number of nitrogens with two attached hydrogens (primary N) is 1. The molecule has 2 N–H and O–H groups in total. The number of amides is 1. The van der Waals surface area contributed by atoms with Gasteiger partial charge in [-0.25, -0.2) is 0 Å². The maximum absolute atomic E-state index is 11.3. The first-order valence-corrected chi connectivity index (χ1v) is 7.81. The highest BCUT2D eigenvalue weighted by molar-refractivity contribution is 5.93. The van der Waals surface area contributed by atoms with Crippen LogP contribution in [0.3, 0.4) is 0 Å². The summed E-state index contributed by atoms with van der Waals surface area (Å²) in [6.45, 7) is 6.82. The molecule has 1 atom stereocenters. The molecular weight excluding hydrogens is 248 g/mol. The molecule has 0 saturated heterocycles. The molecule has 1 amide bonds. The van der Waals surface area contributed by atoms with Crippen molar-refractivity contribution in [3.05, 3.63) is 34.9 Å². The molecule has 110 valence electrons. The third kappa shape index (κ3) is 3.40. The van der Waals surface area contributed by atoms with Gasteiger partial charge < -0.3 is 10.6 Å². The second kappa shape index (κ2) is 6.89. The molecule has 3 nitrogen and oxygen atoms in total. The van der Waals surface area contributed by atoms with E-state index in [1.54, 1.807) is 0 Å². The molecule has 0 heterocycles. The van der Waals surface area contributed by atoms with Crippen LogP contribution in [0, 0.1) is 0 Å². The molecule has 1 aliphatic rings. The van der Waals surface area contributed by atoms with Crippen molar-refractivity contribution in [2.75, 3.05) is 13.1 Å². The van der Waals surface area contributed by atoms with Crippen molar-refractivity contribution >= 4 is 5.91 Å². The van der Waals surface area contributed by atoms with Crippen LogP contribution in [0.25, 0.3) is 0 Å². The van der Waals surface area contributed by atoms with Gasteiger partial charge in [-0.3, -0.25) is 4.79 Å². The summed E-state index contributed by atoms with van der Waals surface area (Å²) in [6.07, 6.45) is 5.79. The van der Waals surface area contributed by atoms with Crippen LogP contribution in [0.2, 0.25) is 0 Å². The van der Waals surface area contributed by atoms with Gasteiger partial charge in [-0.2, -0.15) is 0 Å². The van der Waals surface area contributed by atoms with Gasteiger partial charge in [0.05, 0.1) is 0 Å². The third-order valence-electron chi connectivity index (χ3n) is 4.23. The molecule has 0 unspecified atom stereocenters. The Bertz CT molecular complexity index is 464. The average Bonchev–Trinajstić information content (AvgIpc) is 2.45. The fourth-order valence-electron chi connectivity index (χ4n) is 3.25. The molecule has 0 saturated carbocycles. The van der Waals surface area contributed by atoms with Crippen LogP contribution >= 0.6 is 0 Å². The van der Waals surface area contributed by atoms with Crippen LogP contribution in [0.5, 0.6) is 0 Å². The molecule has 20 heavy (non-hydrogen) atoms. The molecule has 0 radical (unpaired) electrons. The monoisotopic (exact) mass is 274 g/mol. The van der Waals surface area contributed by atoms with Crippen molar-refractivity contribution < 1.29 is 4.79 Å². The highest BCUT2D eigenvalue weighted by Crippen LogP contribution is 2.26. The molecule has 1 aliphatic carbocycles. The molecule has 1 aromatic carbocycles. The lowest BCUT2D eigenvalue weighted by atomic mass is 9.86. The quantitative estimate of drug-likeness (QED) is 0.867. The normalized spacial score (nSPS) is 18.1. The van der Waals surface area contributed by atoms with E-state index in [0.717, 1.165) is 12.8 Å². The molecular formula is C17H26N2O. The lowest BCUT2D eigenvalue weighted by Crippen LogP contribution is -2.40. The number of fused-ring (bicyclic) bond motifs is 1. The highest BCUT2D eigenvalue weighted by atomic mass is 16.1. The number of benzene rings is 1. The summed E-state index contributed by atoms with van der Waals surface area (Å²) in [5, 5.41) is 0. The molecule has 2 rings (SSSR count).